The average Bonchev–Trinajstić information content (AvgIpc) is 3.45. The molecule has 0 spiro atoms. The third kappa shape index (κ3) is 4.92. The van der Waals surface area contributed by atoms with Gasteiger partial charge in [-0.05, 0) is 25.3 Å². The van der Waals surface area contributed by atoms with Crippen molar-refractivity contribution in [1.29, 1.82) is 0 Å². The Labute approximate surface area is 203 Å². The first-order valence-corrected chi connectivity index (χ1v) is 11.6. The first kappa shape index (κ1) is 22.7. The van der Waals surface area contributed by atoms with E-state index in [4.69, 9.17) is 15.2 Å². The van der Waals surface area contributed by atoms with Crippen molar-refractivity contribution in [1.82, 2.24) is 19.7 Å². The number of carbonyl (C=O) groups excluding carboxylic acids is 1. The lowest BCUT2D eigenvalue weighted by Gasteiger charge is -2.34. The summed E-state index contributed by atoms with van der Waals surface area (Å²) >= 11 is 0. The fourth-order valence-electron chi connectivity index (χ4n) is 4.56. The minimum absolute atomic E-state index is 0.0772. The van der Waals surface area contributed by atoms with Gasteiger partial charge in [0.1, 0.15) is 5.65 Å². The van der Waals surface area contributed by atoms with Crippen LogP contribution in [0.5, 0.6) is 11.5 Å². The Morgan fingerprint density at radius 3 is 3.03 bits per heavy atom. The Morgan fingerprint density at radius 2 is 2.23 bits per heavy atom. The Bertz CT molecular complexity index is 1350. The maximum atomic E-state index is 12.8. The highest BCUT2D eigenvalue weighted by Crippen LogP contribution is 2.40. The third-order valence-corrected chi connectivity index (χ3v) is 6.12. The number of methoxy groups -OCH3 is 1. The van der Waals surface area contributed by atoms with Gasteiger partial charge in [0.15, 0.2) is 11.5 Å². The Balaban J connectivity index is 1.34. The number of pyridine rings is 1. The monoisotopic (exact) mass is 475 g/mol. The minimum atomic E-state index is -0.620. The molecule has 0 saturated carbocycles. The summed E-state index contributed by atoms with van der Waals surface area (Å²) in [5, 5.41) is 7.90. The van der Waals surface area contributed by atoms with Gasteiger partial charge in [0.05, 0.1) is 49.0 Å². The van der Waals surface area contributed by atoms with E-state index < -0.39 is 6.09 Å². The molecule has 0 radical (unpaired) electrons. The van der Waals surface area contributed by atoms with Crippen molar-refractivity contribution in [3.63, 3.8) is 0 Å². The summed E-state index contributed by atoms with van der Waals surface area (Å²) in [7, 11) is 1.61. The highest BCUT2D eigenvalue weighted by atomic mass is 16.6. The van der Waals surface area contributed by atoms with Crippen LogP contribution in [0.15, 0.2) is 49.1 Å². The van der Waals surface area contributed by atoms with Gasteiger partial charge < -0.3 is 25.1 Å². The van der Waals surface area contributed by atoms with Gasteiger partial charge in [0.25, 0.3) is 0 Å². The summed E-state index contributed by atoms with van der Waals surface area (Å²) in [5.41, 5.74) is 10.6. The SMILES string of the molecule is COc1cnc2[nH]cc(NC(=O)Oc3cnn(Cc4cccc(C)c4)c3)c2c1N1CCC[C@@H](N)C1. The highest BCUT2D eigenvalue weighted by molar-refractivity contribution is 6.07. The summed E-state index contributed by atoms with van der Waals surface area (Å²) < 4.78 is 12.8. The molecular weight excluding hydrogens is 446 g/mol. The van der Waals surface area contributed by atoms with Gasteiger partial charge in [-0.2, -0.15) is 5.10 Å². The first-order chi connectivity index (χ1) is 17.0. The molecule has 1 aromatic carbocycles. The number of H-pyrrole nitrogens is 1. The summed E-state index contributed by atoms with van der Waals surface area (Å²) in [6, 6.07) is 8.27. The lowest BCUT2D eigenvalue weighted by atomic mass is 10.0. The van der Waals surface area contributed by atoms with Gasteiger partial charge >= 0.3 is 6.09 Å². The molecule has 1 saturated heterocycles. The van der Waals surface area contributed by atoms with Crippen LogP contribution in [0, 0.1) is 6.92 Å². The summed E-state index contributed by atoms with van der Waals surface area (Å²) in [6.45, 7) is 4.18. The lowest BCUT2D eigenvalue weighted by Crippen LogP contribution is -2.43. The maximum absolute atomic E-state index is 12.8. The van der Waals surface area contributed by atoms with Crippen LogP contribution in [0.25, 0.3) is 11.0 Å². The number of ether oxygens (including phenoxy) is 2. The third-order valence-electron chi connectivity index (χ3n) is 6.12. The topological polar surface area (TPSA) is 123 Å². The van der Waals surface area contributed by atoms with Gasteiger partial charge in [0, 0.05) is 25.3 Å². The number of carbonyl (C=O) groups is 1. The second kappa shape index (κ2) is 9.67. The number of hydrogen-bond acceptors (Lipinski definition) is 7. The number of nitrogens with zero attached hydrogens (tertiary/aromatic N) is 4. The molecule has 1 amide bonds. The highest BCUT2D eigenvalue weighted by Gasteiger charge is 2.25. The Morgan fingerprint density at radius 1 is 1.34 bits per heavy atom. The van der Waals surface area contributed by atoms with Crippen LogP contribution in [0.4, 0.5) is 16.2 Å². The van der Waals surface area contributed by atoms with Crippen molar-refractivity contribution in [2.24, 2.45) is 5.73 Å². The molecule has 3 aromatic heterocycles. The largest absolute Gasteiger partial charge is 0.493 e. The van der Waals surface area contributed by atoms with Crippen molar-refractivity contribution >= 4 is 28.5 Å². The van der Waals surface area contributed by atoms with Crippen LogP contribution in [-0.2, 0) is 6.54 Å². The smallest absolute Gasteiger partial charge is 0.417 e. The van der Waals surface area contributed by atoms with E-state index in [2.05, 4.69) is 31.3 Å². The molecule has 0 unspecified atom stereocenters. The van der Waals surface area contributed by atoms with E-state index in [0.29, 0.717) is 35.9 Å². The van der Waals surface area contributed by atoms with E-state index in [9.17, 15) is 4.79 Å². The second-order valence-electron chi connectivity index (χ2n) is 8.83. The maximum Gasteiger partial charge on any atom is 0.417 e. The van der Waals surface area contributed by atoms with Gasteiger partial charge in [-0.15, -0.1) is 0 Å². The van der Waals surface area contributed by atoms with Gasteiger partial charge in [-0.3, -0.25) is 10.00 Å². The normalized spacial score (nSPS) is 15.9. The zero-order chi connectivity index (χ0) is 24.4. The number of rotatable bonds is 6. The molecule has 4 N–H and O–H groups in total. The van der Waals surface area contributed by atoms with Crippen LogP contribution < -0.4 is 25.4 Å². The number of benzene rings is 1. The number of piperidine rings is 1. The lowest BCUT2D eigenvalue weighted by molar-refractivity contribution is 0.215. The van der Waals surface area contributed by atoms with Crippen molar-refractivity contribution in [3.05, 3.63) is 60.2 Å². The molecule has 0 aliphatic carbocycles. The average molecular weight is 476 g/mol. The van der Waals surface area contributed by atoms with Crippen LogP contribution in [0.3, 0.4) is 0 Å². The predicted molar refractivity (Wildman–Crippen MR) is 134 cm³/mol. The number of aromatic amines is 1. The van der Waals surface area contributed by atoms with E-state index in [0.717, 1.165) is 36.0 Å². The van der Waals surface area contributed by atoms with E-state index in [1.807, 2.05) is 25.1 Å². The number of amides is 1. The Kier molecular flexibility index (Phi) is 6.28. The Hall–Kier alpha value is -4.05. The van der Waals surface area contributed by atoms with Gasteiger partial charge in [-0.25, -0.2) is 9.78 Å². The molecule has 5 rings (SSSR count). The minimum Gasteiger partial charge on any atom is -0.493 e. The van der Waals surface area contributed by atoms with E-state index in [-0.39, 0.29) is 6.04 Å². The quantitative estimate of drug-likeness (QED) is 0.389. The summed E-state index contributed by atoms with van der Waals surface area (Å²) in [6.07, 6.45) is 7.94. The van der Waals surface area contributed by atoms with Crippen LogP contribution in [-0.4, -0.2) is 52.1 Å². The number of aromatic nitrogens is 4. The van der Waals surface area contributed by atoms with Gasteiger partial charge in [0.2, 0.25) is 0 Å². The molecule has 4 aromatic rings. The fourth-order valence-corrected chi connectivity index (χ4v) is 4.56. The van der Waals surface area contributed by atoms with E-state index in [1.54, 1.807) is 30.4 Å². The van der Waals surface area contributed by atoms with Crippen LogP contribution in [0.2, 0.25) is 0 Å². The molecule has 4 heterocycles. The molecule has 1 aliphatic rings. The second-order valence-corrected chi connectivity index (χ2v) is 8.83. The number of anilines is 2. The zero-order valence-electron chi connectivity index (χ0n) is 19.8. The number of nitrogens with two attached hydrogens (primary N) is 1. The van der Waals surface area contributed by atoms with Crippen LogP contribution in [0.1, 0.15) is 24.0 Å². The number of hydrogen-bond donors (Lipinski definition) is 3. The molecular formula is C25H29N7O3. The molecule has 1 fully saturated rings. The molecule has 182 valence electrons. The summed E-state index contributed by atoms with van der Waals surface area (Å²) in [4.78, 5) is 22.5. The van der Waals surface area contributed by atoms with E-state index in [1.165, 1.54) is 11.8 Å². The first-order valence-electron chi connectivity index (χ1n) is 11.6. The standard InChI is InChI=1S/C25H29N7O3/c1-16-5-3-6-17(9-16)13-32-15-19(10-29-32)35-25(33)30-20-11-27-24-22(20)23(21(34-2)12-28-24)31-8-4-7-18(26)14-31/h3,5-6,9-12,15,18H,4,7-8,13-14,26H2,1-2H3,(H,27,28)(H,30,33)/t18-/m1/s1. The molecule has 35 heavy (non-hydrogen) atoms. The van der Waals surface area contributed by atoms with Crippen molar-refractivity contribution in [3.8, 4) is 11.5 Å². The van der Waals surface area contributed by atoms with Crippen molar-refractivity contribution in [2.45, 2.75) is 32.4 Å². The van der Waals surface area contributed by atoms with Crippen LogP contribution >= 0.6 is 0 Å². The molecule has 10 nitrogen and oxygen atoms in total. The molecule has 1 aliphatic heterocycles. The number of fused-ring (bicyclic) bond motifs is 1. The van der Waals surface area contributed by atoms with Crippen molar-refractivity contribution < 1.29 is 14.3 Å². The predicted octanol–water partition coefficient (Wildman–Crippen LogP) is 3.66. The van der Waals surface area contributed by atoms with Crippen molar-refractivity contribution in [2.75, 3.05) is 30.4 Å². The number of aryl methyl sites for hydroxylation is 1. The van der Waals surface area contributed by atoms with Gasteiger partial charge in [-0.1, -0.05) is 29.8 Å². The molecule has 0 bridgehead atoms. The molecule has 1 atom stereocenters. The fraction of sp³-hybridized carbons (Fsp3) is 0.320. The zero-order valence-corrected chi connectivity index (χ0v) is 19.8. The summed E-state index contributed by atoms with van der Waals surface area (Å²) in [5.74, 6) is 0.980. The van der Waals surface area contributed by atoms with E-state index >= 15 is 0 Å². The number of nitrogens with one attached hydrogen (secondary N) is 2. The molecule has 10 heteroatoms.